The monoisotopic (exact) mass is 239 g/mol. The molecule has 94 valence electrons. The maximum Gasteiger partial charge on any atom is 0.305 e. The van der Waals surface area contributed by atoms with Gasteiger partial charge in [0.05, 0.1) is 7.11 Å². The van der Waals surface area contributed by atoms with E-state index in [1.54, 1.807) is 12.1 Å². The highest BCUT2D eigenvalue weighted by molar-refractivity contribution is 5.69. The van der Waals surface area contributed by atoms with Crippen LogP contribution in [0.5, 0.6) is 0 Å². The molecule has 0 saturated carbocycles. The lowest BCUT2D eigenvalue weighted by molar-refractivity contribution is -0.140. The van der Waals surface area contributed by atoms with Crippen LogP contribution in [-0.2, 0) is 9.53 Å². The number of esters is 1. The molecule has 0 aliphatic carbocycles. The molecule has 0 atom stereocenters. The third-order valence-electron chi connectivity index (χ3n) is 2.61. The number of benzene rings is 1. The van der Waals surface area contributed by atoms with Crippen molar-refractivity contribution >= 4 is 11.7 Å². The van der Waals surface area contributed by atoms with Gasteiger partial charge in [-0.1, -0.05) is 0 Å². The molecule has 3 nitrogen and oxygen atoms in total. The Hall–Kier alpha value is -1.58. The van der Waals surface area contributed by atoms with Crippen molar-refractivity contribution in [1.29, 1.82) is 0 Å². The summed E-state index contributed by atoms with van der Waals surface area (Å²) in [6.45, 7) is 3.62. The van der Waals surface area contributed by atoms with Gasteiger partial charge in [0.1, 0.15) is 5.82 Å². The predicted octanol–water partition coefficient (Wildman–Crippen LogP) is 2.61. The number of carbonyl (C=O) groups is 1. The zero-order valence-electron chi connectivity index (χ0n) is 10.3. The van der Waals surface area contributed by atoms with Gasteiger partial charge in [0, 0.05) is 25.2 Å². The molecule has 1 aromatic carbocycles. The second kappa shape index (κ2) is 6.89. The van der Waals surface area contributed by atoms with Gasteiger partial charge in [0.15, 0.2) is 0 Å². The first-order valence-corrected chi connectivity index (χ1v) is 5.74. The van der Waals surface area contributed by atoms with Crippen LogP contribution in [0, 0.1) is 5.82 Å². The van der Waals surface area contributed by atoms with E-state index in [2.05, 4.69) is 9.64 Å². The van der Waals surface area contributed by atoms with Crippen molar-refractivity contribution in [3.63, 3.8) is 0 Å². The first-order valence-electron chi connectivity index (χ1n) is 5.74. The molecule has 0 N–H and O–H groups in total. The molecule has 0 fully saturated rings. The van der Waals surface area contributed by atoms with Crippen LogP contribution in [0.4, 0.5) is 10.1 Å². The van der Waals surface area contributed by atoms with Gasteiger partial charge in [-0.2, -0.15) is 0 Å². The molecule has 0 aliphatic heterocycles. The Balaban J connectivity index is 2.48. The van der Waals surface area contributed by atoms with E-state index in [4.69, 9.17) is 0 Å². The van der Waals surface area contributed by atoms with E-state index < -0.39 is 0 Å². The van der Waals surface area contributed by atoms with E-state index in [1.165, 1.54) is 19.2 Å². The van der Waals surface area contributed by atoms with Crippen LogP contribution in [0.2, 0.25) is 0 Å². The number of methoxy groups -OCH3 is 1. The molecule has 0 aromatic heterocycles. The van der Waals surface area contributed by atoms with E-state index in [9.17, 15) is 9.18 Å². The second-order valence-electron chi connectivity index (χ2n) is 3.74. The summed E-state index contributed by atoms with van der Waals surface area (Å²) in [6.07, 6.45) is 1.14. The zero-order chi connectivity index (χ0) is 12.7. The molecule has 0 amide bonds. The molecule has 0 radical (unpaired) electrons. The van der Waals surface area contributed by atoms with Crippen LogP contribution in [0.1, 0.15) is 19.8 Å². The summed E-state index contributed by atoms with van der Waals surface area (Å²) in [6, 6.07) is 6.38. The number of rotatable bonds is 6. The molecular weight excluding hydrogens is 221 g/mol. The van der Waals surface area contributed by atoms with Crippen molar-refractivity contribution in [1.82, 2.24) is 0 Å². The smallest absolute Gasteiger partial charge is 0.305 e. The molecule has 0 heterocycles. The summed E-state index contributed by atoms with van der Waals surface area (Å²) in [5.41, 5.74) is 0.971. The number of nitrogens with zero attached hydrogens (tertiary/aromatic N) is 1. The Kier molecular flexibility index (Phi) is 5.46. The number of hydrogen-bond acceptors (Lipinski definition) is 3. The summed E-state index contributed by atoms with van der Waals surface area (Å²) in [4.78, 5) is 13.1. The fourth-order valence-corrected chi connectivity index (χ4v) is 1.64. The second-order valence-corrected chi connectivity index (χ2v) is 3.74. The van der Waals surface area contributed by atoms with Gasteiger partial charge in [-0.05, 0) is 37.6 Å². The summed E-state index contributed by atoms with van der Waals surface area (Å²) < 4.78 is 17.4. The van der Waals surface area contributed by atoms with E-state index >= 15 is 0 Å². The average molecular weight is 239 g/mol. The van der Waals surface area contributed by atoms with Crippen molar-refractivity contribution in [2.75, 3.05) is 25.1 Å². The first-order chi connectivity index (χ1) is 8.17. The van der Waals surface area contributed by atoms with E-state index in [0.29, 0.717) is 6.42 Å². The van der Waals surface area contributed by atoms with Crippen LogP contribution in [-0.4, -0.2) is 26.2 Å². The van der Waals surface area contributed by atoms with E-state index in [0.717, 1.165) is 25.2 Å². The molecular formula is C13H18FNO2. The third-order valence-corrected chi connectivity index (χ3v) is 2.61. The highest BCUT2D eigenvalue weighted by Crippen LogP contribution is 2.15. The summed E-state index contributed by atoms with van der Waals surface area (Å²) in [5, 5.41) is 0. The minimum Gasteiger partial charge on any atom is -0.469 e. The molecule has 0 spiro atoms. The molecule has 1 rings (SSSR count). The molecule has 17 heavy (non-hydrogen) atoms. The van der Waals surface area contributed by atoms with Gasteiger partial charge in [-0.3, -0.25) is 4.79 Å². The molecule has 0 unspecified atom stereocenters. The Morgan fingerprint density at radius 3 is 2.53 bits per heavy atom. The summed E-state index contributed by atoms with van der Waals surface area (Å²) in [5.74, 6) is -0.431. The number of hydrogen-bond donors (Lipinski definition) is 0. The zero-order valence-corrected chi connectivity index (χ0v) is 10.3. The van der Waals surface area contributed by atoms with Crippen LogP contribution in [0.25, 0.3) is 0 Å². The van der Waals surface area contributed by atoms with Gasteiger partial charge in [0.25, 0.3) is 0 Å². The largest absolute Gasteiger partial charge is 0.469 e. The average Bonchev–Trinajstić information content (AvgIpc) is 2.35. The number of ether oxygens (including phenoxy) is 1. The number of carbonyl (C=O) groups excluding carboxylic acids is 1. The lowest BCUT2D eigenvalue weighted by atomic mass is 10.2. The molecule has 0 aliphatic rings. The molecule has 4 heteroatoms. The fourth-order valence-electron chi connectivity index (χ4n) is 1.64. The van der Waals surface area contributed by atoms with Gasteiger partial charge < -0.3 is 9.64 Å². The summed E-state index contributed by atoms with van der Waals surface area (Å²) >= 11 is 0. The predicted molar refractivity (Wildman–Crippen MR) is 65.5 cm³/mol. The van der Waals surface area contributed by atoms with E-state index in [-0.39, 0.29) is 11.8 Å². The van der Waals surface area contributed by atoms with Gasteiger partial charge in [-0.25, -0.2) is 4.39 Å². The van der Waals surface area contributed by atoms with Crippen LogP contribution in [0.3, 0.4) is 0 Å². The topological polar surface area (TPSA) is 29.5 Å². The Labute approximate surface area is 101 Å². The SMILES string of the molecule is CCN(CCCC(=O)OC)c1ccc(F)cc1. The van der Waals surface area contributed by atoms with E-state index in [1.807, 2.05) is 6.92 Å². The highest BCUT2D eigenvalue weighted by atomic mass is 19.1. The van der Waals surface area contributed by atoms with Crippen LogP contribution < -0.4 is 4.90 Å². The fraction of sp³-hybridized carbons (Fsp3) is 0.462. The maximum absolute atomic E-state index is 12.8. The maximum atomic E-state index is 12.8. The van der Waals surface area contributed by atoms with Crippen LogP contribution >= 0.6 is 0 Å². The minimum absolute atomic E-state index is 0.194. The molecule has 1 aromatic rings. The molecule has 0 saturated heterocycles. The van der Waals surface area contributed by atoms with Crippen LogP contribution in [0.15, 0.2) is 24.3 Å². The minimum atomic E-state index is -0.237. The highest BCUT2D eigenvalue weighted by Gasteiger charge is 2.06. The first kappa shape index (κ1) is 13.5. The number of halogens is 1. The van der Waals surface area contributed by atoms with Gasteiger partial charge in [0.2, 0.25) is 0 Å². The van der Waals surface area contributed by atoms with Crippen molar-refractivity contribution in [2.45, 2.75) is 19.8 Å². The Morgan fingerprint density at radius 2 is 2.00 bits per heavy atom. The third kappa shape index (κ3) is 4.43. The van der Waals surface area contributed by atoms with Crippen molar-refractivity contribution < 1.29 is 13.9 Å². The Bertz CT molecular complexity index is 351. The normalized spacial score (nSPS) is 10.1. The lowest BCUT2D eigenvalue weighted by Gasteiger charge is -2.22. The number of anilines is 1. The van der Waals surface area contributed by atoms with Crippen molar-refractivity contribution in [2.24, 2.45) is 0 Å². The van der Waals surface area contributed by atoms with Gasteiger partial charge >= 0.3 is 5.97 Å². The van der Waals surface area contributed by atoms with Gasteiger partial charge in [-0.15, -0.1) is 0 Å². The standard InChI is InChI=1S/C13H18FNO2/c1-3-15(10-4-5-13(16)17-2)12-8-6-11(14)7-9-12/h6-9H,3-5,10H2,1-2H3. The lowest BCUT2D eigenvalue weighted by Crippen LogP contribution is -2.24. The Morgan fingerprint density at radius 1 is 1.35 bits per heavy atom. The quantitative estimate of drug-likeness (QED) is 0.715. The molecule has 0 bridgehead atoms. The van der Waals surface area contributed by atoms with Crippen molar-refractivity contribution in [3.05, 3.63) is 30.1 Å². The van der Waals surface area contributed by atoms with Crippen molar-refractivity contribution in [3.8, 4) is 0 Å². The summed E-state index contributed by atoms with van der Waals surface area (Å²) in [7, 11) is 1.39.